The van der Waals surface area contributed by atoms with Gasteiger partial charge in [-0.25, -0.2) is 0 Å². The molecule has 0 atom stereocenters. The first kappa shape index (κ1) is 21.7. The van der Waals surface area contributed by atoms with Crippen molar-refractivity contribution in [3.8, 4) is 0 Å². The fourth-order valence-electron chi connectivity index (χ4n) is 2.37. The molecule has 0 fully saturated rings. The Hall–Kier alpha value is -1.32. The number of aryl methyl sites for hydroxylation is 1. The summed E-state index contributed by atoms with van der Waals surface area (Å²) in [5.74, 6) is -0.0362. The van der Waals surface area contributed by atoms with Crippen LogP contribution in [0.25, 0.3) is 6.08 Å². The molecular weight excluding hydrogens is 377 g/mol. The Morgan fingerprint density at radius 1 is 1.04 bits per heavy atom. The zero-order valence-corrected chi connectivity index (χ0v) is 16.7. The highest BCUT2D eigenvalue weighted by atomic mass is 35.5. The van der Waals surface area contributed by atoms with Gasteiger partial charge in [-0.3, -0.25) is 4.79 Å². The second kappa shape index (κ2) is 10.6. The molecule has 0 N–H and O–H groups in total. The van der Waals surface area contributed by atoms with E-state index in [-0.39, 0.29) is 18.2 Å². The molecular formula is C20H22Cl3NO. The van der Waals surface area contributed by atoms with Crippen LogP contribution < -0.4 is 0 Å². The predicted octanol–water partition coefficient (Wildman–Crippen LogP) is 5.81. The third-order valence-electron chi connectivity index (χ3n) is 3.62. The van der Waals surface area contributed by atoms with E-state index in [1.165, 1.54) is 5.56 Å². The first-order chi connectivity index (χ1) is 11.4. The monoisotopic (exact) mass is 397 g/mol. The van der Waals surface area contributed by atoms with Crippen LogP contribution in [0.2, 0.25) is 10.0 Å². The SMILES string of the molecule is CN(C)CCCc1ccc(C(=O)/C=C/c2cc(Cl)cc(Cl)c2)cc1.Cl. The van der Waals surface area contributed by atoms with Crippen LogP contribution in [0.1, 0.15) is 27.9 Å². The quantitative estimate of drug-likeness (QED) is 0.433. The lowest BCUT2D eigenvalue weighted by Crippen LogP contribution is -2.13. The summed E-state index contributed by atoms with van der Waals surface area (Å²) in [5, 5.41) is 1.10. The highest BCUT2D eigenvalue weighted by molar-refractivity contribution is 6.34. The van der Waals surface area contributed by atoms with Crippen LogP contribution in [-0.4, -0.2) is 31.3 Å². The molecule has 25 heavy (non-hydrogen) atoms. The molecule has 5 heteroatoms. The smallest absolute Gasteiger partial charge is 0.185 e. The first-order valence-corrected chi connectivity index (χ1v) is 8.62. The molecule has 0 spiro atoms. The second-order valence-corrected chi connectivity index (χ2v) is 6.88. The normalized spacial score (nSPS) is 10.9. The van der Waals surface area contributed by atoms with Crippen LogP contribution in [-0.2, 0) is 6.42 Å². The Bertz CT molecular complexity index is 704. The third-order valence-corrected chi connectivity index (χ3v) is 4.06. The lowest BCUT2D eigenvalue weighted by Gasteiger charge is -2.09. The van der Waals surface area contributed by atoms with E-state index in [9.17, 15) is 4.79 Å². The van der Waals surface area contributed by atoms with Crippen molar-refractivity contribution < 1.29 is 4.79 Å². The van der Waals surface area contributed by atoms with Gasteiger partial charge in [-0.2, -0.15) is 0 Å². The highest BCUT2D eigenvalue weighted by Crippen LogP contribution is 2.20. The number of carbonyl (C=O) groups excluding carboxylic acids is 1. The van der Waals surface area contributed by atoms with Crippen molar-refractivity contribution in [1.82, 2.24) is 4.90 Å². The van der Waals surface area contributed by atoms with Crippen LogP contribution in [0.5, 0.6) is 0 Å². The summed E-state index contributed by atoms with van der Waals surface area (Å²) in [6.45, 7) is 1.06. The maximum absolute atomic E-state index is 12.2. The Morgan fingerprint density at radius 3 is 2.20 bits per heavy atom. The summed E-state index contributed by atoms with van der Waals surface area (Å²) in [6, 6.07) is 13.0. The number of hydrogen-bond acceptors (Lipinski definition) is 2. The van der Waals surface area contributed by atoms with Crippen LogP contribution in [0, 0.1) is 0 Å². The van der Waals surface area contributed by atoms with E-state index in [4.69, 9.17) is 23.2 Å². The van der Waals surface area contributed by atoms with Gasteiger partial charge in [0.15, 0.2) is 5.78 Å². The fourth-order valence-corrected chi connectivity index (χ4v) is 2.92. The maximum atomic E-state index is 12.2. The Labute approximate surface area is 165 Å². The molecule has 0 unspecified atom stereocenters. The van der Waals surface area contributed by atoms with Crippen LogP contribution in [0.15, 0.2) is 48.5 Å². The third kappa shape index (κ3) is 7.62. The Balaban J connectivity index is 0.00000312. The lowest BCUT2D eigenvalue weighted by atomic mass is 10.0. The van der Waals surface area contributed by atoms with Crippen molar-refractivity contribution in [2.45, 2.75) is 12.8 Å². The summed E-state index contributed by atoms with van der Waals surface area (Å²) in [5.41, 5.74) is 2.73. The number of allylic oxidation sites excluding steroid dienone is 1. The number of nitrogens with zero attached hydrogens (tertiary/aromatic N) is 1. The van der Waals surface area contributed by atoms with Gasteiger partial charge in [-0.1, -0.05) is 53.5 Å². The van der Waals surface area contributed by atoms with Crippen molar-refractivity contribution in [3.05, 3.63) is 75.3 Å². The van der Waals surface area contributed by atoms with E-state index in [0.29, 0.717) is 15.6 Å². The molecule has 0 aromatic heterocycles. The number of ketones is 1. The summed E-state index contributed by atoms with van der Waals surface area (Å²) in [6.07, 6.45) is 5.40. The summed E-state index contributed by atoms with van der Waals surface area (Å²) < 4.78 is 0. The first-order valence-electron chi connectivity index (χ1n) is 7.86. The topological polar surface area (TPSA) is 20.3 Å². The van der Waals surface area contributed by atoms with E-state index >= 15 is 0 Å². The van der Waals surface area contributed by atoms with E-state index < -0.39 is 0 Å². The van der Waals surface area contributed by atoms with Gasteiger partial charge in [0.2, 0.25) is 0 Å². The van der Waals surface area contributed by atoms with Gasteiger partial charge in [-0.15, -0.1) is 12.4 Å². The Morgan fingerprint density at radius 2 is 1.64 bits per heavy atom. The molecule has 134 valence electrons. The van der Waals surface area contributed by atoms with E-state index in [1.54, 1.807) is 30.4 Å². The summed E-state index contributed by atoms with van der Waals surface area (Å²) >= 11 is 11.9. The van der Waals surface area contributed by atoms with E-state index in [1.807, 2.05) is 24.3 Å². The molecule has 2 aromatic carbocycles. The molecule has 0 aliphatic heterocycles. The summed E-state index contributed by atoms with van der Waals surface area (Å²) in [7, 11) is 4.14. The number of carbonyl (C=O) groups is 1. The largest absolute Gasteiger partial charge is 0.309 e. The van der Waals surface area contributed by atoms with Crippen LogP contribution >= 0.6 is 35.6 Å². The molecule has 0 saturated carbocycles. The number of halogens is 3. The van der Waals surface area contributed by atoms with Crippen molar-refractivity contribution in [3.63, 3.8) is 0 Å². The highest BCUT2D eigenvalue weighted by Gasteiger charge is 2.03. The molecule has 0 radical (unpaired) electrons. The number of benzene rings is 2. The molecule has 0 heterocycles. The van der Waals surface area contributed by atoms with Gasteiger partial charge < -0.3 is 4.90 Å². The molecule has 0 aliphatic carbocycles. The zero-order chi connectivity index (χ0) is 17.5. The molecule has 0 bridgehead atoms. The van der Waals surface area contributed by atoms with Gasteiger partial charge in [-0.05, 0) is 68.9 Å². The van der Waals surface area contributed by atoms with Gasteiger partial charge in [0.05, 0.1) is 0 Å². The van der Waals surface area contributed by atoms with Gasteiger partial charge in [0.25, 0.3) is 0 Å². The average Bonchev–Trinajstić information content (AvgIpc) is 2.52. The van der Waals surface area contributed by atoms with Gasteiger partial charge in [0, 0.05) is 15.6 Å². The fraction of sp³-hybridized carbons (Fsp3) is 0.250. The molecule has 0 saturated heterocycles. The standard InChI is InChI=1S/C20H21Cl2NO.ClH/c1-23(2)11-3-4-15-5-8-17(9-6-15)20(24)10-7-16-12-18(21)14-19(22)13-16;/h5-10,12-14H,3-4,11H2,1-2H3;1H/b10-7+;. The predicted molar refractivity (Wildman–Crippen MR) is 110 cm³/mol. The summed E-state index contributed by atoms with van der Waals surface area (Å²) in [4.78, 5) is 14.4. The van der Waals surface area contributed by atoms with Crippen molar-refractivity contribution >= 4 is 47.5 Å². The minimum atomic E-state index is -0.0362. The molecule has 2 nitrogen and oxygen atoms in total. The van der Waals surface area contributed by atoms with Gasteiger partial charge in [0.1, 0.15) is 0 Å². The minimum Gasteiger partial charge on any atom is -0.309 e. The average molecular weight is 399 g/mol. The lowest BCUT2D eigenvalue weighted by molar-refractivity contribution is 0.104. The second-order valence-electron chi connectivity index (χ2n) is 6.00. The minimum absolute atomic E-state index is 0. The molecule has 0 aliphatic rings. The maximum Gasteiger partial charge on any atom is 0.185 e. The zero-order valence-electron chi connectivity index (χ0n) is 14.3. The van der Waals surface area contributed by atoms with Crippen molar-refractivity contribution in [2.24, 2.45) is 0 Å². The van der Waals surface area contributed by atoms with Crippen molar-refractivity contribution in [2.75, 3.05) is 20.6 Å². The number of rotatable bonds is 7. The van der Waals surface area contributed by atoms with E-state index in [0.717, 1.165) is 24.9 Å². The number of hydrogen-bond donors (Lipinski definition) is 0. The Kier molecular flexibility index (Phi) is 9.23. The molecule has 2 rings (SSSR count). The molecule has 2 aromatic rings. The molecule has 0 amide bonds. The van der Waals surface area contributed by atoms with Crippen molar-refractivity contribution in [1.29, 1.82) is 0 Å². The van der Waals surface area contributed by atoms with Gasteiger partial charge >= 0.3 is 0 Å². The van der Waals surface area contributed by atoms with Crippen LogP contribution in [0.4, 0.5) is 0 Å². The van der Waals surface area contributed by atoms with Crippen LogP contribution in [0.3, 0.4) is 0 Å². The van der Waals surface area contributed by atoms with E-state index in [2.05, 4.69) is 19.0 Å².